The van der Waals surface area contributed by atoms with Gasteiger partial charge in [-0.05, 0) is 19.9 Å². The van der Waals surface area contributed by atoms with Gasteiger partial charge in [0.1, 0.15) is 0 Å². The van der Waals surface area contributed by atoms with Crippen LogP contribution in [0.3, 0.4) is 0 Å². The summed E-state index contributed by atoms with van der Waals surface area (Å²) in [6, 6.07) is -0.165. The Hall–Kier alpha value is -0.900. The number of sulfonamides is 1. The summed E-state index contributed by atoms with van der Waals surface area (Å²) in [5, 5.41) is 5.71. The number of hydrogen-bond acceptors (Lipinski definition) is 5. The number of methoxy groups -OCH3 is 1. The van der Waals surface area contributed by atoms with E-state index in [-0.39, 0.29) is 12.1 Å². The first kappa shape index (κ1) is 19.1. The minimum absolute atomic E-state index is 0.0317. The average molecular weight is 336 g/mol. The molecule has 2 N–H and O–H groups in total. The van der Waals surface area contributed by atoms with Crippen molar-refractivity contribution in [1.29, 1.82) is 0 Å². The summed E-state index contributed by atoms with van der Waals surface area (Å²) in [6.45, 7) is 3.73. The minimum Gasteiger partial charge on any atom is -0.383 e. The molecular formula is C13H28N4O4S. The number of carbonyl (C=O) groups excluding carboxylic acids is 1. The molecule has 0 spiro atoms. The van der Waals surface area contributed by atoms with E-state index in [1.165, 1.54) is 10.6 Å². The third kappa shape index (κ3) is 7.39. The number of hydrogen-bond donors (Lipinski definition) is 2. The molecule has 0 bridgehead atoms. The van der Waals surface area contributed by atoms with Crippen LogP contribution in [0.25, 0.3) is 0 Å². The second-order valence-electron chi connectivity index (χ2n) is 5.63. The molecule has 0 aromatic carbocycles. The molecule has 0 atom stereocenters. The second kappa shape index (κ2) is 9.29. The Morgan fingerprint density at radius 2 is 1.95 bits per heavy atom. The average Bonchev–Trinajstić information content (AvgIpc) is 2.44. The number of nitrogens with zero attached hydrogens (tertiary/aromatic N) is 2. The number of piperidine rings is 1. The SMILES string of the molecule is COCCN(C)CCNC(=O)NC1CCN(S(C)(=O)=O)CC1. The van der Waals surface area contributed by atoms with Crippen LogP contribution in [0, 0.1) is 0 Å². The van der Waals surface area contributed by atoms with Gasteiger partial charge in [0.05, 0.1) is 12.9 Å². The molecule has 0 aliphatic carbocycles. The highest BCUT2D eigenvalue weighted by Crippen LogP contribution is 2.12. The molecule has 22 heavy (non-hydrogen) atoms. The van der Waals surface area contributed by atoms with Crippen molar-refractivity contribution in [2.24, 2.45) is 0 Å². The lowest BCUT2D eigenvalue weighted by atomic mass is 10.1. The molecule has 8 nitrogen and oxygen atoms in total. The van der Waals surface area contributed by atoms with Crippen molar-refractivity contribution in [3.8, 4) is 0 Å². The topological polar surface area (TPSA) is 91.0 Å². The van der Waals surface area contributed by atoms with E-state index in [0.717, 1.165) is 13.1 Å². The standard InChI is InChI=1S/C13H28N4O4S/c1-16(10-11-21-2)9-6-14-13(18)15-12-4-7-17(8-5-12)22(3,19)20/h12H,4-11H2,1-3H3,(H2,14,15,18). The summed E-state index contributed by atoms with van der Waals surface area (Å²) in [5.41, 5.74) is 0. The molecule has 1 heterocycles. The van der Waals surface area contributed by atoms with Crippen LogP contribution >= 0.6 is 0 Å². The van der Waals surface area contributed by atoms with Gasteiger partial charge in [0.2, 0.25) is 10.0 Å². The van der Waals surface area contributed by atoms with Gasteiger partial charge in [0.25, 0.3) is 0 Å². The van der Waals surface area contributed by atoms with Crippen molar-refractivity contribution in [2.75, 3.05) is 59.7 Å². The summed E-state index contributed by atoms with van der Waals surface area (Å²) < 4.78 is 29.3. The lowest BCUT2D eigenvalue weighted by Gasteiger charge is -2.30. The molecule has 1 fully saturated rings. The van der Waals surface area contributed by atoms with E-state index in [1.54, 1.807) is 7.11 Å². The maximum absolute atomic E-state index is 11.8. The fourth-order valence-corrected chi connectivity index (χ4v) is 3.16. The van der Waals surface area contributed by atoms with Crippen LogP contribution in [-0.4, -0.2) is 89.4 Å². The number of amides is 2. The first-order valence-electron chi connectivity index (χ1n) is 7.50. The number of carbonyl (C=O) groups is 1. The van der Waals surface area contributed by atoms with Crippen molar-refractivity contribution >= 4 is 16.1 Å². The number of likely N-dealkylation sites (N-methyl/N-ethyl adjacent to an activating group) is 1. The monoisotopic (exact) mass is 336 g/mol. The Morgan fingerprint density at radius 3 is 2.50 bits per heavy atom. The molecule has 0 aromatic rings. The van der Waals surface area contributed by atoms with Crippen LogP contribution < -0.4 is 10.6 Å². The zero-order chi connectivity index (χ0) is 16.6. The zero-order valence-electron chi connectivity index (χ0n) is 13.7. The molecule has 0 saturated carbocycles. The maximum Gasteiger partial charge on any atom is 0.315 e. The van der Waals surface area contributed by atoms with Crippen LogP contribution in [0.5, 0.6) is 0 Å². The summed E-state index contributed by atoms with van der Waals surface area (Å²) in [5.74, 6) is 0. The van der Waals surface area contributed by atoms with E-state index < -0.39 is 10.0 Å². The highest BCUT2D eigenvalue weighted by Gasteiger charge is 2.25. The van der Waals surface area contributed by atoms with E-state index in [0.29, 0.717) is 39.1 Å². The fraction of sp³-hybridized carbons (Fsp3) is 0.923. The van der Waals surface area contributed by atoms with E-state index in [4.69, 9.17) is 4.74 Å². The number of rotatable bonds is 8. The fourth-order valence-electron chi connectivity index (χ4n) is 2.29. The third-order valence-electron chi connectivity index (χ3n) is 3.71. The Balaban J connectivity index is 2.16. The number of nitrogens with one attached hydrogen (secondary N) is 2. The van der Waals surface area contributed by atoms with Gasteiger partial charge in [-0.15, -0.1) is 0 Å². The van der Waals surface area contributed by atoms with Gasteiger partial charge in [0, 0.05) is 45.9 Å². The Labute approximate surface area is 133 Å². The van der Waals surface area contributed by atoms with E-state index in [2.05, 4.69) is 15.5 Å². The van der Waals surface area contributed by atoms with Crippen LogP contribution in [0.1, 0.15) is 12.8 Å². The molecule has 1 rings (SSSR count). The summed E-state index contributed by atoms with van der Waals surface area (Å²) >= 11 is 0. The largest absolute Gasteiger partial charge is 0.383 e. The normalized spacial score (nSPS) is 17.6. The lowest BCUT2D eigenvalue weighted by molar-refractivity contribution is 0.161. The molecule has 1 aliphatic heterocycles. The summed E-state index contributed by atoms with van der Waals surface area (Å²) in [6.07, 6.45) is 2.51. The molecule has 0 aromatic heterocycles. The molecule has 130 valence electrons. The van der Waals surface area contributed by atoms with Gasteiger partial charge in [-0.25, -0.2) is 17.5 Å². The van der Waals surface area contributed by atoms with Gasteiger partial charge in [-0.1, -0.05) is 0 Å². The van der Waals surface area contributed by atoms with Crippen molar-refractivity contribution in [3.63, 3.8) is 0 Å². The van der Waals surface area contributed by atoms with E-state index in [9.17, 15) is 13.2 Å². The van der Waals surface area contributed by atoms with Crippen LogP contribution in [0.4, 0.5) is 4.79 Å². The third-order valence-corrected chi connectivity index (χ3v) is 5.02. The van der Waals surface area contributed by atoms with Crippen molar-refractivity contribution < 1.29 is 17.9 Å². The quantitative estimate of drug-likeness (QED) is 0.611. The highest BCUT2D eigenvalue weighted by molar-refractivity contribution is 7.88. The second-order valence-corrected chi connectivity index (χ2v) is 7.62. The van der Waals surface area contributed by atoms with Gasteiger partial charge in [-0.3, -0.25) is 0 Å². The molecule has 0 radical (unpaired) electrons. The lowest BCUT2D eigenvalue weighted by Crippen LogP contribution is -2.49. The van der Waals surface area contributed by atoms with Crippen LogP contribution in [0.2, 0.25) is 0 Å². The Morgan fingerprint density at radius 1 is 1.32 bits per heavy atom. The van der Waals surface area contributed by atoms with Crippen molar-refractivity contribution in [1.82, 2.24) is 19.8 Å². The van der Waals surface area contributed by atoms with Crippen molar-refractivity contribution in [3.05, 3.63) is 0 Å². The van der Waals surface area contributed by atoms with E-state index >= 15 is 0 Å². The molecule has 1 aliphatic rings. The van der Waals surface area contributed by atoms with Crippen LogP contribution in [-0.2, 0) is 14.8 Å². The first-order valence-corrected chi connectivity index (χ1v) is 9.34. The predicted molar refractivity (Wildman–Crippen MR) is 85.3 cm³/mol. The number of ether oxygens (including phenoxy) is 1. The van der Waals surface area contributed by atoms with Crippen LogP contribution in [0.15, 0.2) is 0 Å². The first-order chi connectivity index (χ1) is 10.3. The molecule has 9 heteroatoms. The minimum atomic E-state index is -3.12. The molecule has 0 unspecified atom stereocenters. The highest BCUT2D eigenvalue weighted by atomic mass is 32.2. The summed E-state index contributed by atoms with van der Waals surface area (Å²) in [7, 11) is 0.513. The smallest absolute Gasteiger partial charge is 0.315 e. The van der Waals surface area contributed by atoms with Gasteiger partial charge >= 0.3 is 6.03 Å². The number of urea groups is 1. The summed E-state index contributed by atoms with van der Waals surface area (Å²) in [4.78, 5) is 13.9. The predicted octanol–water partition coefficient (Wildman–Crippen LogP) is -0.712. The van der Waals surface area contributed by atoms with Gasteiger partial charge < -0.3 is 20.3 Å². The van der Waals surface area contributed by atoms with Gasteiger partial charge in [0.15, 0.2) is 0 Å². The zero-order valence-corrected chi connectivity index (χ0v) is 14.5. The Kier molecular flexibility index (Phi) is 8.08. The molecule has 1 saturated heterocycles. The van der Waals surface area contributed by atoms with Gasteiger partial charge in [-0.2, -0.15) is 0 Å². The Bertz CT molecular complexity index is 435. The molecular weight excluding hydrogens is 308 g/mol. The maximum atomic E-state index is 11.8. The molecule has 2 amide bonds. The van der Waals surface area contributed by atoms with Crippen molar-refractivity contribution in [2.45, 2.75) is 18.9 Å². The van der Waals surface area contributed by atoms with E-state index in [1.807, 2.05) is 7.05 Å².